The van der Waals surface area contributed by atoms with E-state index >= 15 is 0 Å². The van der Waals surface area contributed by atoms with E-state index < -0.39 is 0 Å². The summed E-state index contributed by atoms with van der Waals surface area (Å²) in [6.45, 7) is 0. The fourth-order valence-electron chi connectivity index (χ4n) is 7.39. The lowest BCUT2D eigenvalue weighted by Crippen LogP contribution is -2.06. The number of rotatable bonds is 4. The molecule has 4 nitrogen and oxygen atoms in total. The summed E-state index contributed by atoms with van der Waals surface area (Å²) >= 11 is 0. The van der Waals surface area contributed by atoms with Crippen molar-refractivity contribution in [3.63, 3.8) is 0 Å². The second kappa shape index (κ2) is 10.1. The van der Waals surface area contributed by atoms with Crippen molar-refractivity contribution in [2.45, 2.75) is 0 Å². The first kappa shape index (κ1) is 25.9. The molecule has 9 aromatic rings. The van der Waals surface area contributed by atoms with Crippen LogP contribution in [0.3, 0.4) is 0 Å². The molecular weight excluding hydrogens is 573 g/mol. The molecule has 0 atom stereocenters. The molecule has 0 saturated carbocycles. The number of benzene rings is 7. The topological polar surface area (TPSA) is 43.6 Å². The summed E-state index contributed by atoms with van der Waals surface area (Å²) in [4.78, 5) is 15.2. The van der Waals surface area contributed by atoms with E-state index in [-0.39, 0.29) is 0 Å². The van der Waals surface area contributed by atoms with Crippen LogP contribution in [0.4, 0.5) is 0 Å². The van der Waals surface area contributed by atoms with Gasteiger partial charge in [-0.15, -0.1) is 0 Å². The maximum absolute atomic E-state index is 5.14. The van der Waals surface area contributed by atoms with Gasteiger partial charge in [0.1, 0.15) is 0 Å². The van der Waals surface area contributed by atoms with Gasteiger partial charge in [0.05, 0.1) is 11.0 Å². The lowest BCUT2D eigenvalue weighted by Gasteiger charge is -2.16. The Bertz CT molecular complexity index is 2530. The van der Waals surface area contributed by atoms with E-state index in [0.29, 0.717) is 17.6 Å². The van der Waals surface area contributed by atoms with Gasteiger partial charge in [0, 0.05) is 21.9 Å². The highest BCUT2D eigenvalue weighted by Crippen LogP contribution is 2.50. The van der Waals surface area contributed by atoms with Gasteiger partial charge in [-0.05, 0) is 56.3 Å². The summed E-state index contributed by atoms with van der Waals surface area (Å²) in [5, 5.41) is 4.97. The van der Waals surface area contributed by atoms with Gasteiger partial charge in [-0.2, -0.15) is 9.97 Å². The molecule has 0 amide bonds. The van der Waals surface area contributed by atoms with E-state index in [1.165, 1.54) is 54.9 Å². The Morgan fingerprint density at radius 2 is 0.766 bits per heavy atom. The highest BCUT2D eigenvalue weighted by atomic mass is 15.2. The Labute approximate surface area is 271 Å². The van der Waals surface area contributed by atoms with Crippen molar-refractivity contribution in [2.24, 2.45) is 0 Å². The SMILES string of the molecule is c1ccc(-c2nc(-c3ccccc3)nc(-n3c4cccc5c4c4c(cccc43)-c3ccc(-c4ccccc4)c4cccc-5c34)n2)cc1. The molecule has 10 rings (SSSR count). The van der Waals surface area contributed by atoms with Gasteiger partial charge in [0.25, 0.3) is 0 Å². The van der Waals surface area contributed by atoms with Gasteiger partial charge >= 0.3 is 0 Å². The van der Waals surface area contributed by atoms with E-state index in [1.807, 2.05) is 36.4 Å². The molecule has 4 heteroatoms. The number of nitrogens with zero attached hydrogens (tertiary/aromatic N) is 4. The minimum atomic E-state index is 0.602. The van der Waals surface area contributed by atoms with Crippen molar-refractivity contribution >= 4 is 32.6 Å². The molecule has 1 aliphatic rings. The predicted molar refractivity (Wildman–Crippen MR) is 192 cm³/mol. The monoisotopic (exact) mass is 598 g/mol. The standard InChI is InChI=1S/C43H26N4/c1-4-13-27(14-5-1)30-25-26-35-34-22-12-24-37-40(34)39-33(32-20-10-19-31(30)38(32)35)21-11-23-36(39)47(37)43-45-41(28-15-6-2-7-16-28)44-42(46-43)29-17-8-3-9-18-29/h1-26H. The number of aromatic nitrogens is 4. The van der Waals surface area contributed by atoms with Crippen molar-refractivity contribution in [3.05, 3.63) is 158 Å². The number of fused-ring (bicyclic) bond motifs is 2. The Morgan fingerprint density at radius 3 is 1.32 bits per heavy atom. The minimum Gasteiger partial charge on any atom is -0.278 e. The van der Waals surface area contributed by atoms with Gasteiger partial charge in [-0.3, -0.25) is 4.57 Å². The van der Waals surface area contributed by atoms with Crippen LogP contribution in [-0.4, -0.2) is 19.5 Å². The summed E-state index contributed by atoms with van der Waals surface area (Å²) in [6, 6.07) is 55.6. The third kappa shape index (κ3) is 3.85. The average Bonchev–Trinajstić information content (AvgIpc) is 3.44. The normalized spacial score (nSPS) is 11.8. The van der Waals surface area contributed by atoms with Crippen LogP contribution in [0.1, 0.15) is 0 Å². The Balaban J connectivity index is 1.31. The smallest absolute Gasteiger partial charge is 0.238 e. The van der Waals surface area contributed by atoms with Gasteiger partial charge in [-0.1, -0.05) is 146 Å². The van der Waals surface area contributed by atoms with E-state index in [2.05, 4.69) is 126 Å². The molecular formula is C43H26N4. The maximum Gasteiger partial charge on any atom is 0.238 e. The van der Waals surface area contributed by atoms with Crippen molar-refractivity contribution in [2.75, 3.05) is 0 Å². The first-order valence-corrected chi connectivity index (χ1v) is 15.9. The van der Waals surface area contributed by atoms with Crippen LogP contribution in [0.25, 0.3) is 94.7 Å². The lowest BCUT2D eigenvalue weighted by atomic mass is 9.89. The molecule has 0 aliphatic heterocycles. The largest absolute Gasteiger partial charge is 0.278 e. The lowest BCUT2D eigenvalue weighted by molar-refractivity contribution is 0.953. The van der Waals surface area contributed by atoms with Crippen molar-refractivity contribution < 1.29 is 0 Å². The Hall–Kier alpha value is -6.39. The second-order valence-electron chi connectivity index (χ2n) is 12.0. The summed E-state index contributed by atoms with van der Waals surface area (Å²) in [5.74, 6) is 1.89. The molecule has 2 heterocycles. The quantitative estimate of drug-likeness (QED) is 0.202. The van der Waals surface area contributed by atoms with Crippen LogP contribution in [0, 0.1) is 0 Å². The molecule has 47 heavy (non-hydrogen) atoms. The zero-order chi connectivity index (χ0) is 30.9. The Morgan fingerprint density at radius 1 is 0.319 bits per heavy atom. The molecule has 0 spiro atoms. The van der Waals surface area contributed by atoms with E-state index in [9.17, 15) is 0 Å². The summed E-state index contributed by atoms with van der Waals surface area (Å²) < 4.78 is 2.22. The third-order valence-corrected chi connectivity index (χ3v) is 9.41. The molecule has 0 saturated heterocycles. The van der Waals surface area contributed by atoms with Crippen LogP contribution in [0.15, 0.2) is 158 Å². The molecule has 218 valence electrons. The van der Waals surface area contributed by atoms with Crippen LogP contribution >= 0.6 is 0 Å². The molecule has 0 fully saturated rings. The van der Waals surface area contributed by atoms with Crippen LogP contribution < -0.4 is 0 Å². The third-order valence-electron chi connectivity index (χ3n) is 9.41. The van der Waals surface area contributed by atoms with E-state index in [4.69, 9.17) is 15.0 Å². The second-order valence-corrected chi connectivity index (χ2v) is 12.0. The summed E-state index contributed by atoms with van der Waals surface area (Å²) in [6.07, 6.45) is 0. The predicted octanol–water partition coefficient (Wildman–Crippen LogP) is 10.8. The summed E-state index contributed by atoms with van der Waals surface area (Å²) in [7, 11) is 0. The molecule has 0 N–H and O–H groups in total. The maximum atomic E-state index is 5.14. The fraction of sp³-hybridized carbons (Fsp3) is 0. The van der Waals surface area contributed by atoms with Crippen LogP contribution in [0.2, 0.25) is 0 Å². The van der Waals surface area contributed by atoms with E-state index in [0.717, 1.165) is 22.2 Å². The fourth-order valence-corrected chi connectivity index (χ4v) is 7.39. The molecule has 0 unspecified atom stereocenters. The van der Waals surface area contributed by atoms with Gasteiger partial charge in [0.15, 0.2) is 11.6 Å². The molecule has 2 aromatic heterocycles. The Kier molecular flexibility index (Phi) is 5.54. The number of hydrogen-bond donors (Lipinski definition) is 0. The molecule has 1 aliphatic carbocycles. The zero-order valence-corrected chi connectivity index (χ0v) is 25.3. The van der Waals surface area contributed by atoms with Crippen molar-refractivity contribution in [3.8, 4) is 62.1 Å². The van der Waals surface area contributed by atoms with Gasteiger partial charge in [0.2, 0.25) is 5.95 Å². The molecule has 0 radical (unpaired) electrons. The minimum absolute atomic E-state index is 0.602. The number of hydrogen-bond acceptors (Lipinski definition) is 3. The van der Waals surface area contributed by atoms with Gasteiger partial charge in [-0.25, -0.2) is 4.98 Å². The van der Waals surface area contributed by atoms with Crippen LogP contribution in [-0.2, 0) is 0 Å². The zero-order valence-electron chi connectivity index (χ0n) is 25.3. The summed E-state index contributed by atoms with van der Waals surface area (Å²) in [5.41, 5.74) is 11.4. The average molecular weight is 599 g/mol. The highest BCUT2D eigenvalue weighted by Gasteiger charge is 2.26. The molecule has 0 bridgehead atoms. The highest BCUT2D eigenvalue weighted by molar-refractivity contribution is 6.28. The van der Waals surface area contributed by atoms with Crippen LogP contribution in [0.5, 0.6) is 0 Å². The first-order valence-electron chi connectivity index (χ1n) is 15.9. The molecule has 7 aromatic carbocycles. The van der Waals surface area contributed by atoms with Crippen molar-refractivity contribution in [1.29, 1.82) is 0 Å². The van der Waals surface area contributed by atoms with Crippen molar-refractivity contribution in [1.82, 2.24) is 19.5 Å². The van der Waals surface area contributed by atoms with E-state index in [1.54, 1.807) is 0 Å². The van der Waals surface area contributed by atoms with Gasteiger partial charge < -0.3 is 0 Å². The first-order chi connectivity index (χ1) is 23.3.